The minimum absolute atomic E-state index is 0.0158. The standard InChI is InChI=1S/C27H27NO8/c1-3-32-27(31)23-18(17-9-5-6-10-19(17)28-26(23)30)12-16-8-4-7-11-20(16)36-22-14-34-24-21(35-15(2)29)13-33-25(22)24/h4-11,21-22,24-25H,3,12-14H2,1-2H3,(H,28,30)/t21-,22-,24+,25+/m0/s1. The number of benzene rings is 2. The van der Waals surface area contributed by atoms with Gasteiger partial charge in [-0.3, -0.25) is 9.59 Å². The van der Waals surface area contributed by atoms with Crippen molar-refractivity contribution in [1.82, 2.24) is 4.98 Å². The topological polar surface area (TPSA) is 113 Å². The van der Waals surface area contributed by atoms with Gasteiger partial charge in [0.2, 0.25) is 0 Å². The van der Waals surface area contributed by atoms with E-state index in [9.17, 15) is 14.4 Å². The lowest BCUT2D eigenvalue weighted by Gasteiger charge is -2.20. The van der Waals surface area contributed by atoms with Gasteiger partial charge in [-0.15, -0.1) is 0 Å². The minimum atomic E-state index is -0.666. The Kier molecular flexibility index (Phi) is 6.75. The number of hydrogen-bond acceptors (Lipinski definition) is 8. The zero-order valence-electron chi connectivity index (χ0n) is 20.0. The first-order valence-electron chi connectivity index (χ1n) is 11.9. The fourth-order valence-electron chi connectivity index (χ4n) is 4.88. The van der Waals surface area contributed by atoms with Crippen molar-refractivity contribution in [3.63, 3.8) is 0 Å². The normalized spacial score (nSPS) is 22.8. The van der Waals surface area contributed by atoms with Crippen LogP contribution in [0.25, 0.3) is 10.9 Å². The van der Waals surface area contributed by atoms with Crippen LogP contribution in [0, 0.1) is 0 Å². The van der Waals surface area contributed by atoms with Crippen LogP contribution in [0.4, 0.5) is 0 Å². The van der Waals surface area contributed by atoms with Gasteiger partial charge in [0.1, 0.15) is 23.5 Å². The van der Waals surface area contributed by atoms with Crippen LogP contribution in [-0.4, -0.2) is 61.2 Å². The first-order valence-corrected chi connectivity index (χ1v) is 11.9. The third-order valence-corrected chi connectivity index (χ3v) is 6.41. The molecule has 0 radical (unpaired) electrons. The second-order valence-electron chi connectivity index (χ2n) is 8.76. The van der Waals surface area contributed by atoms with Gasteiger partial charge in [0, 0.05) is 24.2 Å². The SMILES string of the molecule is CCOC(=O)c1c(Cc2ccccc2O[C@H]2CO[C@H]3[C@@H]2OC[C@@H]3OC(C)=O)c2ccccc2[nH]c1=O. The summed E-state index contributed by atoms with van der Waals surface area (Å²) in [6.07, 6.45) is -1.37. The number of aromatic amines is 1. The number of pyridine rings is 1. The van der Waals surface area contributed by atoms with Crippen molar-refractivity contribution < 1.29 is 33.3 Å². The summed E-state index contributed by atoms with van der Waals surface area (Å²) in [6, 6.07) is 14.8. The van der Waals surface area contributed by atoms with Crippen molar-refractivity contribution in [3.05, 3.63) is 75.6 Å². The lowest BCUT2D eigenvalue weighted by molar-refractivity contribution is -0.151. The maximum absolute atomic E-state index is 12.9. The van der Waals surface area contributed by atoms with Gasteiger partial charge in [-0.25, -0.2) is 4.79 Å². The molecule has 36 heavy (non-hydrogen) atoms. The number of carbonyl (C=O) groups is 2. The van der Waals surface area contributed by atoms with E-state index in [1.807, 2.05) is 42.5 Å². The van der Waals surface area contributed by atoms with Crippen LogP contribution in [0.15, 0.2) is 53.3 Å². The highest BCUT2D eigenvalue weighted by Gasteiger charge is 2.50. The molecule has 1 aromatic heterocycles. The third-order valence-electron chi connectivity index (χ3n) is 6.41. The lowest BCUT2D eigenvalue weighted by atomic mass is 9.96. The number of nitrogens with one attached hydrogen (secondary N) is 1. The van der Waals surface area contributed by atoms with Gasteiger partial charge in [-0.05, 0) is 30.2 Å². The van der Waals surface area contributed by atoms with E-state index < -0.39 is 29.8 Å². The van der Waals surface area contributed by atoms with E-state index in [0.29, 0.717) is 16.8 Å². The number of carbonyl (C=O) groups excluding carboxylic acids is 2. The largest absolute Gasteiger partial charge is 0.485 e. The number of rotatable bonds is 7. The van der Waals surface area contributed by atoms with E-state index in [-0.39, 0.29) is 43.9 Å². The summed E-state index contributed by atoms with van der Waals surface area (Å²) in [4.78, 5) is 39.8. The quantitative estimate of drug-likeness (QED) is 0.500. The number of ether oxygens (including phenoxy) is 5. The molecule has 0 saturated carbocycles. The highest BCUT2D eigenvalue weighted by Crippen LogP contribution is 2.33. The molecule has 1 N–H and O–H groups in total. The van der Waals surface area contributed by atoms with E-state index in [1.54, 1.807) is 13.0 Å². The highest BCUT2D eigenvalue weighted by molar-refractivity contribution is 5.97. The molecular formula is C27H27NO8. The summed E-state index contributed by atoms with van der Waals surface area (Å²) >= 11 is 0. The van der Waals surface area contributed by atoms with Gasteiger partial charge in [0.25, 0.3) is 5.56 Å². The van der Waals surface area contributed by atoms with Crippen molar-refractivity contribution in [2.24, 2.45) is 0 Å². The molecule has 2 aromatic carbocycles. The van der Waals surface area contributed by atoms with Crippen LogP contribution >= 0.6 is 0 Å². The summed E-state index contributed by atoms with van der Waals surface area (Å²) in [5, 5.41) is 0.752. The van der Waals surface area contributed by atoms with Crippen molar-refractivity contribution >= 4 is 22.8 Å². The number of fused-ring (bicyclic) bond motifs is 2. The number of H-pyrrole nitrogens is 1. The van der Waals surface area contributed by atoms with Gasteiger partial charge in [-0.2, -0.15) is 0 Å². The molecular weight excluding hydrogens is 466 g/mol. The van der Waals surface area contributed by atoms with Crippen LogP contribution in [0.1, 0.15) is 35.3 Å². The molecule has 2 aliphatic heterocycles. The molecule has 0 amide bonds. The molecule has 0 unspecified atom stereocenters. The molecule has 0 bridgehead atoms. The molecule has 2 aliphatic rings. The van der Waals surface area contributed by atoms with E-state index in [2.05, 4.69) is 4.98 Å². The summed E-state index contributed by atoms with van der Waals surface area (Å²) in [5.41, 5.74) is 1.47. The Morgan fingerprint density at radius 3 is 2.47 bits per heavy atom. The molecule has 2 saturated heterocycles. The number of aromatic nitrogens is 1. The smallest absolute Gasteiger partial charge is 0.344 e. The average molecular weight is 494 g/mol. The predicted molar refractivity (Wildman–Crippen MR) is 129 cm³/mol. The average Bonchev–Trinajstić information content (AvgIpc) is 3.43. The second-order valence-corrected chi connectivity index (χ2v) is 8.76. The summed E-state index contributed by atoms with van der Waals surface area (Å²) in [6.45, 7) is 3.74. The maximum Gasteiger partial charge on any atom is 0.344 e. The zero-order chi connectivity index (χ0) is 25.2. The van der Waals surface area contributed by atoms with E-state index in [4.69, 9.17) is 23.7 Å². The maximum atomic E-state index is 12.9. The Hall–Kier alpha value is -3.69. The second kappa shape index (κ2) is 10.1. The van der Waals surface area contributed by atoms with E-state index in [1.165, 1.54) is 6.92 Å². The highest BCUT2D eigenvalue weighted by atomic mass is 16.7. The number of esters is 2. The van der Waals surface area contributed by atoms with Crippen molar-refractivity contribution in [2.45, 2.75) is 44.7 Å². The molecule has 0 spiro atoms. The molecule has 2 fully saturated rings. The van der Waals surface area contributed by atoms with E-state index in [0.717, 1.165) is 10.9 Å². The molecule has 4 atom stereocenters. The fourth-order valence-corrected chi connectivity index (χ4v) is 4.88. The predicted octanol–water partition coefficient (Wildman–Crippen LogP) is 2.77. The summed E-state index contributed by atoms with van der Waals surface area (Å²) < 4.78 is 28.6. The molecule has 188 valence electrons. The van der Waals surface area contributed by atoms with Gasteiger partial charge < -0.3 is 28.7 Å². The summed E-state index contributed by atoms with van der Waals surface area (Å²) in [7, 11) is 0. The molecule has 0 aliphatic carbocycles. The van der Waals surface area contributed by atoms with Gasteiger partial charge in [-0.1, -0.05) is 36.4 Å². The van der Waals surface area contributed by atoms with E-state index >= 15 is 0 Å². The van der Waals surface area contributed by atoms with Crippen LogP contribution in [0.3, 0.4) is 0 Å². The van der Waals surface area contributed by atoms with Crippen molar-refractivity contribution in [3.8, 4) is 5.75 Å². The Morgan fingerprint density at radius 2 is 1.69 bits per heavy atom. The zero-order valence-corrected chi connectivity index (χ0v) is 20.0. The van der Waals surface area contributed by atoms with Crippen LogP contribution in [0.2, 0.25) is 0 Å². The summed E-state index contributed by atoms with van der Waals surface area (Å²) in [5.74, 6) is -0.462. The van der Waals surface area contributed by atoms with Crippen LogP contribution in [0.5, 0.6) is 5.75 Å². The van der Waals surface area contributed by atoms with Gasteiger partial charge in [0.05, 0.1) is 19.8 Å². The molecule has 3 aromatic rings. The Labute approximate surface area is 207 Å². The first kappa shape index (κ1) is 24.0. The molecule has 9 heteroatoms. The monoisotopic (exact) mass is 493 g/mol. The van der Waals surface area contributed by atoms with Gasteiger partial charge >= 0.3 is 11.9 Å². The minimum Gasteiger partial charge on any atom is -0.485 e. The van der Waals surface area contributed by atoms with Gasteiger partial charge in [0.15, 0.2) is 12.2 Å². The molecule has 3 heterocycles. The van der Waals surface area contributed by atoms with Crippen molar-refractivity contribution in [2.75, 3.05) is 19.8 Å². The lowest BCUT2D eigenvalue weighted by Crippen LogP contribution is -2.36. The Balaban J connectivity index is 1.46. The molecule has 5 rings (SSSR count). The number of para-hydroxylation sites is 2. The Bertz CT molecular complexity index is 1350. The fraction of sp³-hybridized carbons (Fsp3) is 0.370. The molecule has 9 nitrogen and oxygen atoms in total. The Morgan fingerprint density at radius 1 is 1.00 bits per heavy atom. The third kappa shape index (κ3) is 4.59. The van der Waals surface area contributed by atoms with Crippen molar-refractivity contribution in [1.29, 1.82) is 0 Å². The van der Waals surface area contributed by atoms with Crippen LogP contribution in [-0.2, 0) is 30.2 Å². The first-order chi connectivity index (χ1) is 17.5. The van der Waals surface area contributed by atoms with Crippen LogP contribution < -0.4 is 10.3 Å². The number of hydrogen-bond donors (Lipinski definition) is 1.